The van der Waals surface area contributed by atoms with Crippen LogP contribution >= 0.6 is 0 Å². The number of hydrogen-bond acceptors (Lipinski definition) is 0. The molecule has 11 aromatic carbocycles. The van der Waals surface area contributed by atoms with Crippen LogP contribution < -0.4 is 10.4 Å². The molecule has 0 fully saturated rings. The molecular formula is C62H41NSi. The molecule has 0 radical (unpaired) electrons. The molecule has 2 heterocycles. The van der Waals surface area contributed by atoms with Crippen molar-refractivity contribution in [3.63, 3.8) is 0 Å². The first kappa shape index (κ1) is 36.6. The van der Waals surface area contributed by atoms with Gasteiger partial charge in [0.1, 0.15) is 0 Å². The number of nitrogens with zero attached hydrogens (tertiary/aromatic N) is 1. The molecule has 0 unspecified atom stereocenters. The van der Waals surface area contributed by atoms with Crippen LogP contribution in [0.3, 0.4) is 0 Å². The molecule has 12 aromatic rings. The highest BCUT2D eigenvalue weighted by atomic mass is 28.2. The molecule has 1 aliphatic heterocycles. The van der Waals surface area contributed by atoms with E-state index in [1.807, 2.05) is 0 Å². The van der Waals surface area contributed by atoms with Gasteiger partial charge in [-0.15, -0.1) is 0 Å². The van der Waals surface area contributed by atoms with Crippen LogP contribution in [-0.4, -0.2) is 14.1 Å². The molecule has 298 valence electrons. The molecule has 0 bridgehead atoms. The summed E-state index contributed by atoms with van der Waals surface area (Å²) in [6.45, 7) is 0. The number of hydrogen-bond donors (Lipinski definition) is 0. The van der Waals surface area contributed by atoms with E-state index in [2.05, 4.69) is 241 Å². The lowest BCUT2D eigenvalue weighted by Gasteiger charge is -2.12. The second-order valence-electron chi connectivity index (χ2n) is 17.3. The quantitative estimate of drug-likeness (QED) is 0.116. The third-order valence-corrected chi connectivity index (χ3v) is 15.6. The summed E-state index contributed by atoms with van der Waals surface area (Å²) in [4.78, 5) is 0. The lowest BCUT2D eigenvalue weighted by Crippen LogP contribution is -2.21. The molecule has 0 N–H and O–H groups in total. The van der Waals surface area contributed by atoms with Gasteiger partial charge in [0.05, 0.1) is 20.6 Å². The molecule has 1 aliphatic rings. The molecule has 64 heavy (non-hydrogen) atoms. The Kier molecular flexibility index (Phi) is 8.47. The number of fused-ring (bicyclic) bond motifs is 9. The minimum Gasteiger partial charge on any atom is -0.309 e. The van der Waals surface area contributed by atoms with Crippen molar-refractivity contribution in [2.75, 3.05) is 0 Å². The van der Waals surface area contributed by atoms with E-state index in [0.29, 0.717) is 0 Å². The first-order valence-corrected chi connectivity index (χ1v) is 23.7. The van der Waals surface area contributed by atoms with Crippen molar-refractivity contribution in [2.24, 2.45) is 0 Å². The molecule has 0 amide bonds. The Labute approximate surface area is 375 Å². The Morgan fingerprint density at radius 1 is 0.250 bits per heavy atom. The first-order chi connectivity index (χ1) is 31.7. The Bertz CT molecular complexity index is 3630. The summed E-state index contributed by atoms with van der Waals surface area (Å²) in [5, 5.41) is 10.8. The van der Waals surface area contributed by atoms with Gasteiger partial charge in [0.15, 0.2) is 0 Å². The highest BCUT2D eigenvalue weighted by molar-refractivity contribution is 6.73. The van der Waals surface area contributed by atoms with Crippen molar-refractivity contribution in [2.45, 2.75) is 0 Å². The van der Waals surface area contributed by atoms with E-state index in [9.17, 15) is 0 Å². The van der Waals surface area contributed by atoms with Crippen LogP contribution in [0.25, 0.3) is 116 Å². The Morgan fingerprint density at radius 3 is 1.28 bits per heavy atom. The minimum atomic E-state index is -0.734. The van der Waals surface area contributed by atoms with Gasteiger partial charge in [-0.25, -0.2) is 0 Å². The van der Waals surface area contributed by atoms with Crippen LogP contribution in [0.2, 0.25) is 0 Å². The number of benzene rings is 11. The summed E-state index contributed by atoms with van der Waals surface area (Å²) >= 11 is 0. The fraction of sp³-hybridized carbons (Fsp3) is 0. The summed E-state index contributed by atoms with van der Waals surface area (Å²) < 4.78 is 2.50. The molecular weight excluding hydrogens is 787 g/mol. The summed E-state index contributed by atoms with van der Waals surface area (Å²) in [7, 11) is -0.734. The maximum atomic E-state index is 2.50. The predicted molar refractivity (Wildman–Crippen MR) is 276 cm³/mol. The third kappa shape index (κ3) is 6.06. The van der Waals surface area contributed by atoms with Crippen molar-refractivity contribution in [3.05, 3.63) is 237 Å². The van der Waals surface area contributed by atoms with Crippen molar-refractivity contribution in [3.8, 4) is 72.4 Å². The van der Waals surface area contributed by atoms with Crippen LogP contribution in [-0.2, 0) is 0 Å². The third-order valence-electron chi connectivity index (χ3n) is 13.6. The van der Waals surface area contributed by atoms with E-state index in [4.69, 9.17) is 0 Å². The Hall–Kier alpha value is -8.04. The van der Waals surface area contributed by atoms with Crippen molar-refractivity contribution >= 4 is 63.2 Å². The maximum absolute atomic E-state index is 2.50. The zero-order chi connectivity index (χ0) is 42.1. The van der Waals surface area contributed by atoms with E-state index in [1.54, 1.807) is 0 Å². The summed E-state index contributed by atoms with van der Waals surface area (Å²) in [6, 6.07) is 87.9. The number of aromatic nitrogens is 1. The van der Waals surface area contributed by atoms with Gasteiger partial charge < -0.3 is 4.57 Å². The SMILES string of the molecule is c1ccc(-c2ccc(-c3ccc4c(c3)c3cc(-c5ccc(-c6ccccc6)cc5)ccc3n4-c3ccc4c(c3)[SiH2]c3cc(-c5cc6ccccc6c6ccccc56)ccc3-4)cc2)cc1. The Balaban J connectivity index is 0.909. The lowest BCUT2D eigenvalue weighted by atomic mass is 9.92. The van der Waals surface area contributed by atoms with Crippen LogP contribution in [0, 0.1) is 0 Å². The second kappa shape index (κ2) is 14.8. The van der Waals surface area contributed by atoms with Crippen LogP contribution in [0.1, 0.15) is 0 Å². The van der Waals surface area contributed by atoms with Crippen LogP contribution in [0.15, 0.2) is 237 Å². The highest BCUT2D eigenvalue weighted by Crippen LogP contribution is 2.40. The maximum Gasteiger partial charge on any atom is 0.0892 e. The van der Waals surface area contributed by atoms with Gasteiger partial charge in [0, 0.05) is 16.5 Å². The molecule has 0 aliphatic carbocycles. The minimum absolute atomic E-state index is 0.734. The average molecular weight is 828 g/mol. The molecule has 0 atom stereocenters. The first-order valence-electron chi connectivity index (χ1n) is 22.3. The standard InChI is InChI=1S/C62H41NSi/c1-3-11-40(12-4-1)42-19-23-44(24-20-42)46-28-33-59-57(35-46)58-36-47(45-25-21-43(22-26-45)41-13-5-2-6-14-41)29-34-60(58)63(59)50-30-32-55-54-31-27-49(38-61(54)64-62(55)39-50)56-37-48-15-7-8-16-51(48)52-17-9-10-18-53(52)56/h1-39H,64H2. The molecule has 13 rings (SSSR count). The van der Waals surface area contributed by atoms with E-state index >= 15 is 0 Å². The van der Waals surface area contributed by atoms with E-state index in [-0.39, 0.29) is 0 Å². The predicted octanol–water partition coefficient (Wildman–Crippen LogP) is 14.5. The van der Waals surface area contributed by atoms with Crippen LogP contribution in [0.5, 0.6) is 0 Å². The fourth-order valence-electron chi connectivity index (χ4n) is 10.4. The highest BCUT2D eigenvalue weighted by Gasteiger charge is 2.22. The van der Waals surface area contributed by atoms with Gasteiger partial charge in [0.25, 0.3) is 0 Å². The number of rotatable bonds is 6. The normalized spacial score (nSPS) is 12.4. The van der Waals surface area contributed by atoms with Gasteiger partial charge >= 0.3 is 0 Å². The zero-order valence-electron chi connectivity index (χ0n) is 35.2. The topological polar surface area (TPSA) is 4.93 Å². The molecule has 2 heteroatoms. The lowest BCUT2D eigenvalue weighted by molar-refractivity contribution is 1.18. The van der Waals surface area contributed by atoms with Gasteiger partial charge in [-0.05, 0) is 131 Å². The molecule has 1 nitrogen and oxygen atoms in total. The van der Waals surface area contributed by atoms with Crippen molar-refractivity contribution < 1.29 is 0 Å². The molecule has 0 saturated carbocycles. The van der Waals surface area contributed by atoms with Crippen molar-refractivity contribution in [1.29, 1.82) is 0 Å². The van der Waals surface area contributed by atoms with Gasteiger partial charge in [-0.2, -0.15) is 0 Å². The zero-order valence-corrected chi connectivity index (χ0v) is 36.6. The van der Waals surface area contributed by atoms with E-state index < -0.39 is 9.52 Å². The smallest absolute Gasteiger partial charge is 0.0892 e. The van der Waals surface area contributed by atoms with E-state index in [0.717, 1.165) is 0 Å². The summed E-state index contributed by atoms with van der Waals surface area (Å²) in [5.41, 5.74) is 18.9. The molecule has 1 aromatic heterocycles. The monoisotopic (exact) mass is 827 g/mol. The van der Waals surface area contributed by atoms with Gasteiger partial charge in [-0.1, -0.05) is 204 Å². The largest absolute Gasteiger partial charge is 0.309 e. The Morgan fingerprint density at radius 2 is 0.688 bits per heavy atom. The molecule has 0 spiro atoms. The second-order valence-corrected chi connectivity index (χ2v) is 19.1. The summed E-state index contributed by atoms with van der Waals surface area (Å²) in [6.07, 6.45) is 0. The van der Waals surface area contributed by atoms with Gasteiger partial charge in [0.2, 0.25) is 0 Å². The molecule has 0 saturated heterocycles. The van der Waals surface area contributed by atoms with E-state index in [1.165, 1.54) is 126 Å². The average Bonchev–Trinajstić information content (AvgIpc) is 3.90. The van der Waals surface area contributed by atoms with Crippen LogP contribution in [0.4, 0.5) is 0 Å². The van der Waals surface area contributed by atoms with Crippen molar-refractivity contribution in [1.82, 2.24) is 4.57 Å². The fourth-order valence-corrected chi connectivity index (χ4v) is 12.5. The summed E-state index contributed by atoms with van der Waals surface area (Å²) in [5.74, 6) is 0. The van der Waals surface area contributed by atoms with Gasteiger partial charge in [-0.3, -0.25) is 0 Å².